The second kappa shape index (κ2) is 6.37. The lowest BCUT2D eigenvalue weighted by molar-refractivity contribution is 0.122. The average molecular weight is 248 g/mol. The van der Waals surface area contributed by atoms with Crippen LogP contribution in [0.3, 0.4) is 0 Å². The first-order chi connectivity index (χ1) is 8.38. The number of rotatable bonds is 6. The number of hydrogen-bond donors (Lipinski definition) is 1. The van der Waals surface area contributed by atoms with E-state index in [-0.39, 0.29) is 0 Å². The summed E-state index contributed by atoms with van der Waals surface area (Å²) in [6.45, 7) is 1.31. The number of ether oxygens (including phenoxy) is 1. The molecular formula is C13H16N2OS. The molecule has 4 heteroatoms. The maximum atomic E-state index is 5.61. The minimum atomic E-state index is 0.570. The fourth-order valence-corrected chi connectivity index (χ4v) is 2.19. The summed E-state index contributed by atoms with van der Waals surface area (Å²) in [7, 11) is 1.86. The maximum absolute atomic E-state index is 5.61. The summed E-state index contributed by atoms with van der Waals surface area (Å²) in [5.41, 5.74) is 0.961. The first kappa shape index (κ1) is 12.1. The molecule has 1 N–H and O–H groups in total. The topological polar surface area (TPSA) is 34.1 Å². The van der Waals surface area contributed by atoms with Gasteiger partial charge < -0.3 is 10.1 Å². The zero-order valence-electron chi connectivity index (χ0n) is 9.85. The van der Waals surface area contributed by atoms with Gasteiger partial charge >= 0.3 is 0 Å². The van der Waals surface area contributed by atoms with E-state index in [2.05, 4.69) is 27.8 Å². The van der Waals surface area contributed by atoms with E-state index < -0.39 is 0 Å². The number of thiophene rings is 1. The highest BCUT2D eigenvalue weighted by molar-refractivity contribution is 7.09. The van der Waals surface area contributed by atoms with Crippen LogP contribution in [0.5, 0.6) is 0 Å². The van der Waals surface area contributed by atoms with Gasteiger partial charge in [0.15, 0.2) is 0 Å². The van der Waals surface area contributed by atoms with Crippen molar-refractivity contribution in [1.82, 2.24) is 4.98 Å². The second-order valence-electron chi connectivity index (χ2n) is 3.65. The lowest BCUT2D eigenvalue weighted by atomic mass is 10.3. The van der Waals surface area contributed by atoms with Gasteiger partial charge in [0.05, 0.1) is 18.9 Å². The molecule has 0 aromatic carbocycles. The Balaban J connectivity index is 1.74. The number of anilines is 1. The minimum absolute atomic E-state index is 0.570. The molecule has 0 aliphatic heterocycles. The molecule has 0 aliphatic carbocycles. The van der Waals surface area contributed by atoms with Crippen molar-refractivity contribution in [2.45, 2.75) is 13.0 Å². The average Bonchev–Trinajstić information content (AvgIpc) is 2.88. The van der Waals surface area contributed by atoms with E-state index >= 15 is 0 Å². The minimum Gasteiger partial charge on any atom is -0.375 e. The third-order valence-electron chi connectivity index (χ3n) is 2.39. The number of hydrogen-bond acceptors (Lipinski definition) is 4. The second-order valence-corrected chi connectivity index (χ2v) is 4.68. The van der Waals surface area contributed by atoms with Crippen LogP contribution in [0.2, 0.25) is 0 Å². The van der Waals surface area contributed by atoms with Crippen LogP contribution in [-0.2, 0) is 17.8 Å². The highest BCUT2D eigenvalue weighted by Gasteiger charge is 1.98. The van der Waals surface area contributed by atoms with E-state index in [0.29, 0.717) is 6.61 Å². The summed E-state index contributed by atoms with van der Waals surface area (Å²) in [6, 6.07) is 10.1. The van der Waals surface area contributed by atoms with Gasteiger partial charge in [-0.3, -0.25) is 0 Å². The Hall–Kier alpha value is -1.39. The van der Waals surface area contributed by atoms with E-state index in [9.17, 15) is 0 Å². The van der Waals surface area contributed by atoms with Crippen LogP contribution >= 0.6 is 11.3 Å². The van der Waals surface area contributed by atoms with Gasteiger partial charge in [-0.25, -0.2) is 4.98 Å². The van der Waals surface area contributed by atoms with Gasteiger partial charge in [0.2, 0.25) is 0 Å². The van der Waals surface area contributed by atoms with Crippen LogP contribution in [0.25, 0.3) is 0 Å². The molecule has 3 nitrogen and oxygen atoms in total. The first-order valence-electron chi connectivity index (χ1n) is 5.62. The van der Waals surface area contributed by atoms with Gasteiger partial charge in [-0.2, -0.15) is 0 Å². The third-order valence-corrected chi connectivity index (χ3v) is 3.32. The molecule has 2 aromatic heterocycles. The Morgan fingerprint density at radius 2 is 2.24 bits per heavy atom. The molecule has 2 rings (SSSR count). The van der Waals surface area contributed by atoms with E-state index in [1.165, 1.54) is 4.88 Å². The SMILES string of the molecule is CNc1cccc(COCCc2cccs2)n1. The van der Waals surface area contributed by atoms with Gasteiger partial charge in [0, 0.05) is 18.3 Å². The monoisotopic (exact) mass is 248 g/mol. The number of aromatic nitrogens is 1. The van der Waals surface area contributed by atoms with E-state index in [4.69, 9.17) is 4.74 Å². The van der Waals surface area contributed by atoms with Crippen LogP contribution < -0.4 is 5.32 Å². The van der Waals surface area contributed by atoms with Gasteiger partial charge in [-0.15, -0.1) is 11.3 Å². The van der Waals surface area contributed by atoms with Gasteiger partial charge in [0.1, 0.15) is 5.82 Å². The standard InChI is InChI=1S/C13H16N2OS/c1-14-13-6-2-4-11(15-13)10-16-8-7-12-5-3-9-17-12/h2-6,9H,7-8,10H2,1H3,(H,14,15). The molecule has 0 unspecified atom stereocenters. The van der Waals surface area contributed by atoms with Crippen molar-refractivity contribution in [3.8, 4) is 0 Å². The molecule has 2 heterocycles. The molecular weight excluding hydrogens is 232 g/mol. The van der Waals surface area contributed by atoms with Crippen LogP contribution in [0, 0.1) is 0 Å². The maximum Gasteiger partial charge on any atom is 0.126 e. The molecule has 0 amide bonds. The lowest BCUT2D eigenvalue weighted by Crippen LogP contribution is -2.01. The first-order valence-corrected chi connectivity index (χ1v) is 6.50. The lowest BCUT2D eigenvalue weighted by Gasteiger charge is -2.05. The Kier molecular flexibility index (Phi) is 4.53. The molecule has 0 spiro atoms. The molecule has 0 aliphatic rings. The predicted octanol–water partition coefficient (Wildman–Crippen LogP) is 2.94. The van der Waals surface area contributed by atoms with Gasteiger partial charge in [-0.1, -0.05) is 12.1 Å². The zero-order chi connectivity index (χ0) is 11.9. The fourth-order valence-electron chi connectivity index (χ4n) is 1.50. The van der Waals surface area contributed by atoms with Crippen molar-refractivity contribution in [2.24, 2.45) is 0 Å². The summed E-state index contributed by atoms with van der Waals surface area (Å²) in [5.74, 6) is 0.879. The van der Waals surface area contributed by atoms with Crippen LogP contribution in [0.15, 0.2) is 35.7 Å². The summed E-state index contributed by atoms with van der Waals surface area (Å²) in [5, 5.41) is 5.11. The van der Waals surface area contributed by atoms with Gasteiger partial charge in [0.25, 0.3) is 0 Å². The molecule has 0 saturated heterocycles. The molecule has 0 saturated carbocycles. The van der Waals surface area contributed by atoms with Crippen molar-refractivity contribution in [1.29, 1.82) is 0 Å². The van der Waals surface area contributed by atoms with Crippen molar-refractivity contribution in [3.63, 3.8) is 0 Å². The molecule has 0 atom stereocenters. The Morgan fingerprint density at radius 1 is 1.29 bits per heavy atom. The van der Waals surface area contributed by atoms with Crippen LogP contribution in [-0.4, -0.2) is 18.6 Å². The quantitative estimate of drug-likeness (QED) is 0.798. The Bertz CT molecular complexity index is 442. The Morgan fingerprint density at radius 3 is 3.00 bits per heavy atom. The normalized spacial score (nSPS) is 10.4. The molecule has 17 heavy (non-hydrogen) atoms. The van der Waals surface area contributed by atoms with Crippen LogP contribution in [0.4, 0.5) is 5.82 Å². The van der Waals surface area contributed by atoms with Crippen molar-refractivity contribution in [2.75, 3.05) is 19.0 Å². The van der Waals surface area contributed by atoms with Crippen molar-refractivity contribution >= 4 is 17.2 Å². The zero-order valence-corrected chi connectivity index (χ0v) is 10.7. The van der Waals surface area contributed by atoms with E-state index in [1.54, 1.807) is 11.3 Å². The summed E-state index contributed by atoms with van der Waals surface area (Å²) >= 11 is 1.77. The Labute approximate surface area is 105 Å². The van der Waals surface area contributed by atoms with E-state index in [0.717, 1.165) is 24.5 Å². The van der Waals surface area contributed by atoms with E-state index in [1.807, 2.05) is 25.2 Å². The number of pyridine rings is 1. The molecule has 90 valence electrons. The number of nitrogens with zero attached hydrogens (tertiary/aromatic N) is 1. The third kappa shape index (κ3) is 3.84. The highest BCUT2D eigenvalue weighted by Crippen LogP contribution is 2.10. The van der Waals surface area contributed by atoms with Crippen LogP contribution in [0.1, 0.15) is 10.6 Å². The molecule has 0 fully saturated rings. The molecule has 0 radical (unpaired) electrons. The summed E-state index contributed by atoms with van der Waals surface area (Å²) in [6.07, 6.45) is 0.976. The van der Waals surface area contributed by atoms with Crippen molar-refractivity contribution in [3.05, 3.63) is 46.3 Å². The summed E-state index contributed by atoms with van der Waals surface area (Å²) in [4.78, 5) is 5.76. The smallest absolute Gasteiger partial charge is 0.126 e. The molecule has 2 aromatic rings. The highest BCUT2D eigenvalue weighted by atomic mass is 32.1. The molecule has 0 bridgehead atoms. The van der Waals surface area contributed by atoms with Gasteiger partial charge in [-0.05, 0) is 23.6 Å². The van der Waals surface area contributed by atoms with Crippen molar-refractivity contribution < 1.29 is 4.74 Å². The number of nitrogens with one attached hydrogen (secondary N) is 1. The predicted molar refractivity (Wildman–Crippen MR) is 71.5 cm³/mol. The largest absolute Gasteiger partial charge is 0.375 e. The summed E-state index contributed by atoms with van der Waals surface area (Å²) < 4.78 is 5.61. The fraction of sp³-hybridized carbons (Fsp3) is 0.308.